The summed E-state index contributed by atoms with van der Waals surface area (Å²) in [6, 6.07) is 13.0. The zero-order valence-electron chi connectivity index (χ0n) is 12.8. The van der Waals surface area contributed by atoms with Gasteiger partial charge in [-0.1, -0.05) is 34.1 Å². The number of anilines is 1. The quantitative estimate of drug-likeness (QED) is 0.857. The van der Waals surface area contributed by atoms with Gasteiger partial charge in [-0.25, -0.2) is 0 Å². The lowest BCUT2D eigenvalue weighted by Gasteiger charge is -2.21. The normalized spacial score (nSPS) is 14.0. The molecule has 0 aromatic heterocycles. The van der Waals surface area contributed by atoms with E-state index in [2.05, 4.69) is 32.2 Å². The largest absolute Gasteiger partial charge is 0.507 e. The van der Waals surface area contributed by atoms with Crippen molar-refractivity contribution in [1.29, 1.82) is 0 Å². The van der Waals surface area contributed by atoms with Crippen molar-refractivity contribution in [2.24, 2.45) is 0 Å². The molecule has 1 aliphatic rings. The third kappa shape index (κ3) is 3.67. The van der Waals surface area contributed by atoms with Gasteiger partial charge >= 0.3 is 0 Å². The minimum Gasteiger partial charge on any atom is -0.507 e. The molecule has 0 spiro atoms. The van der Waals surface area contributed by atoms with Gasteiger partial charge in [0.2, 0.25) is 0 Å². The van der Waals surface area contributed by atoms with Gasteiger partial charge < -0.3 is 15.3 Å². The summed E-state index contributed by atoms with van der Waals surface area (Å²) in [7, 11) is 0. The fourth-order valence-corrected chi connectivity index (χ4v) is 3.25. The smallest absolute Gasteiger partial charge is 0.255 e. The van der Waals surface area contributed by atoms with Crippen molar-refractivity contribution in [3.05, 3.63) is 58.1 Å². The van der Waals surface area contributed by atoms with Gasteiger partial charge in [0.1, 0.15) is 5.75 Å². The second-order valence-electron chi connectivity index (χ2n) is 5.67. The Bertz CT molecular complexity index is 712. The van der Waals surface area contributed by atoms with Gasteiger partial charge in [0.25, 0.3) is 5.91 Å². The number of phenolic OH excluding ortho intramolecular Hbond substituents is 1. The van der Waals surface area contributed by atoms with Gasteiger partial charge in [0, 0.05) is 29.8 Å². The number of para-hydroxylation sites is 1. The second-order valence-corrected chi connectivity index (χ2v) is 6.58. The topological polar surface area (TPSA) is 52.6 Å². The van der Waals surface area contributed by atoms with Gasteiger partial charge in [0.05, 0.1) is 5.56 Å². The molecular formula is C18H19BrN2O2. The van der Waals surface area contributed by atoms with Crippen molar-refractivity contribution in [1.82, 2.24) is 5.32 Å². The van der Waals surface area contributed by atoms with Gasteiger partial charge in [-0.05, 0) is 42.7 Å². The minimum atomic E-state index is -0.278. The highest BCUT2D eigenvalue weighted by atomic mass is 79.9. The Kier molecular flexibility index (Phi) is 4.86. The van der Waals surface area contributed by atoms with E-state index in [-0.39, 0.29) is 17.2 Å². The Balaban J connectivity index is 1.73. The predicted octanol–water partition coefficient (Wildman–Crippen LogP) is 3.68. The molecule has 5 heteroatoms. The summed E-state index contributed by atoms with van der Waals surface area (Å²) in [4.78, 5) is 14.7. The van der Waals surface area contributed by atoms with Crippen molar-refractivity contribution >= 4 is 27.5 Å². The molecule has 1 heterocycles. The lowest BCUT2D eigenvalue weighted by Crippen LogP contribution is -2.25. The maximum Gasteiger partial charge on any atom is 0.255 e. The van der Waals surface area contributed by atoms with Crippen LogP contribution in [0.3, 0.4) is 0 Å². The third-order valence-electron chi connectivity index (χ3n) is 4.08. The molecule has 1 amide bonds. The molecule has 1 saturated heterocycles. The fourth-order valence-electron chi connectivity index (χ4n) is 2.89. The van der Waals surface area contributed by atoms with E-state index in [1.165, 1.54) is 24.6 Å². The van der Waals surface area contributed by atoms with Crippen LogP contribution in [0.4, 0.5) is 5.69 Å². The molecule has 0 bridgehead atoms. The predicted molar refractivity (Wildman–Crippen MR) is 94.9 cm³/mol. The van der Waals surface area contributed by atoms with Crippen molar-refractivity contribution in [3.8, 4) is 5.75 Å². The van der Waals surface area contributed by atoms with Gasteiger partial charge in [-0.3, -0.25) is 4.79 Å². The molecule has 0 atom stereocenters. The van der Waals surface area contributed by atoms with Gasteiger partial charge in [-0.2, -0.15) is 0 Å². The first-order chi connectivity index (χ1) is 11.1. The Hall–Kier alpha value is -2.01. The Morgan fingerprint density at radius 1 is 1.17 bits per heavy atom. The highest BCUT2D eigenvalue weighted by molar-refractivity contribution is 9.10. The minimum absolute atomic E-state index is 0.0153. The SMILES string of the molecule is O=C(NCc1ccccc1N1CCCC1)c1cc(Br)ccc1O. The van der Waals surface area contributed by atoms with Crippen LogP contribution in [0.2, 0.25) is 0 Å². The summed E-state index contributed by atoms with van der Waals surface area (Å²) < 4.78 is 0.762. The number of hydrogen-bond donors (Lipinski definition) is 2. The maximum atomic E-state index is 12.3. The average Bonchev–Trinajstić information content (AvgIpc) is 3.09. The summed E-state index contributed by atoms with van der Waals surface area (Å²) in [5.41, 5.74) is 2.55. The number of benzene rings is 2. The summed E-state index contributed by atoms with van der Waals surface area (Å²) in [5, 5.41) is 12.7. The first kappa shape index (κ1) is 15.9. The van der Waals surface area contributed by atoms with E-state index >= 15 is 0 Å². The van der Waals surface area contributed by atoms with Gasteiger partial charge in [-0.15, -0.1) is 0 Å². The number of phenols is 1. The van der Waals surface area contributed by atoms with Crippen LogP contribution in [-0.2, 0) is 6.54 Å². The molecule has 0 unspecified atom stereocenters. The van der Waals surface area contributed by atoms with Crippen molar-refractivity contribution in [2.45, 2.75) is 19.4 Å². The first-order valence-electron chi connectivity index (χ1n) is 7.75. The van der Waals surface area contributed by atoms with Crippen molar-refractivity contribution in [2.75, 3.05) is 18.0 Å². The van der Waals surface area contributed by atoms with E-state index in [1.807, 2.05) is 18.2 Å². The van der Waals surface area contributed by atoms with Crippen LogP contribution < -0.4 is 10.2 Å². The van der Waals surface area contributed by atoms with Crippen LogP contribution in [0.1, 0.15) is 28.8 Å². The summed E-state index contributed by atoms with van der Waals surface area (Å²) in [5.74, 6) is -0.293. The number of hydrogen-bond acceptors (Lipinski definition) is 3. The van der Waals surface area contributed by atoms with E-state index in [1.54, 1.807) is 12.1 Å². The fraction of sp³-hybridized carbons (Fsp3) is 0.278. The summed E-state index contributed by atoms with van der Waals surface area (Å²) >= 11 is 3.32. The number of carbonyl (C=O) groups is 1. The molecule has 1 aliphatic heterocycles. The first-order valence-corrected chi connectivity index (χ1v) is 8.54. The van der Waals surface area contributed by atoms with Crippen molar-refractivity contribution in [3.63, 3.8) is 0 Å². The van der Waals surface area contributed by atoms with Crippen molar-refractivity contribution < 1.29 is 9.90 Å². The number of carbonyl (C=O) groups excluding carboxylic acids is 1. The van der Waals surface area contributed by atoms with Crippen LogP contribution in [0.5, 0.6) is 5.75 Å². The molecule has 23 heavy (non-hydrogen) atoms. The van der Waals surface area contributed by atoms with E-state index in [9.17, 15) is 9.90 Å². The number of nitrogens with one attached hydrogen (secondary N) is 1. The van der Waals surface area contributed by atoms with Crippen LogP contribution in [0.25, 0.3) is 0 Å². The maximum absolute atomic E-state index is 12.3. The summed E-state index contributed by atoms with van der Waals surface area (Å²) in [6.45, 7) is 2.58. The molecule has 0 aliphatic carbocycles. The number of rotatable bonds is 4. The number of halogens is 1. The molecule has 0 saturated carbocycles. The molecule has 2 aromatic carbocycles. The molecule has 1 fully saturated rings. The third-order valence-corrected chi connectivity index (χ3v) is 4.57. The Labute approximate surface area is 144 Å². The molecular weight excluding hydrogens is 356 g/mol. The molecule has 3 rings (SSSR count). The summed E-state index contributed by atoms with van der Waals surface area (Å²) in [6.07, 6.45) is 2.43. The Morgan fingerprint density at radius 2 is 1.91 bits per heavy atom. The van der Waals surface area contributed by atoms with Gasteiger partial charge in [0.15, 0.2) is 0 Å². The monoisotopic (exact) mass is 374 g/mol. The molecule has 120 valence electrons. The van der Waals surface area contributed by atoms with E-state index in [0.717, 1.165) is 23.1 Å². The lowest BCUT2D eigenvalue weighted by molar-refractivity contribution is 0.0948. The van der Waals surface area contributed by atoms with Crippen LogP contribution in [0, 0.1) is 0 Å². The Morgan fingerprint density at radius 3 is 2.70 bits per heavy atom. The number of nitrogens with zero attached hydrogens (tertiary/aromatic N) is 1. The zero-order chi connectivity index (χ0) is 16.2. The lowest BCUT2D eigenvalue weighted by atomic mass is 10.1. The molecule has 4 nitrogen and oxygen atoms in total. The van der Waals surface area contributed by atoms with E-state index in [0.29, 0.717) is 6.54 Å². The van der Waals surface area contributed by atoms with E-state index < -0.39 is 0 Å². The number of amides is 1. The second kappa shape index (κ2) is 7.04. The van der Waals surface area contributed by atoms with Crippen LogP contribution in [-0.4, -0.2) is 24.1 Å². The molecule has 2 N–H and O–H groups in total. The number of aromatic hydroxyl groups is 1. The highest BCUT2D eigenvalue weighted by Gasteiger charge is 2.16. The van der Waals surface area contributed by atoms with E-state index in [4.69, 9.17) is 0 Å². The molecule has 2 aromatic rings. The van der Waals surface area contributed by atoms with Crippen LogP contribution in [0.15, 0.2) is 46.9 Å². The van der Waals surface area contributed by atoms with Crippen LogP contribution >= 0.6 is 15.9 Å². The molecule has 0 radical (unpaired) electrons. The average molecular weight is 375 g/mol. The standard InChI is InChI=1S/C18H19BrN2O2/c19-14-7-8-17(22)15(11-14)18(23)20-12-13-5-1-2-6-16(13)21-9-3-4-10-21/h1-2,5-8,11,22H,3-4,9-10,12H2,(H,20,23). The zero-order valence-corrected chi connectivity index (χ0v) is 14.3. The highest BCUT2D eigenvalue weighted by Crippen LogP contribution is 2.25.